The average molecular weight is 158 g/mol. The lowest BCUT2D eigenvalue weighted by atomic mass is 10.2. The SMILES string of the molecule is CC1=C(CO)C(=O)C(O)C1O. The highest BCUT2D eigenvalue weighted by molar-refractivity contribution is 6.03. The van der Waals surface area contributed by atoms with Crippen LogP contribution >= 0.6 is 0 Å². The molecule has 4 heteroatoms. The van der Waals surface area contributed by atoms with Crippen LogP contribution in [0.5, 0.6) is 0 Å². The smallest absolute Gasteiger partial charge is 0.192 e. The number of ketones is 1. The zero-order valence-electron chi connectivity index (χ0n) is 6.11. The first-order valence-electron chi connectivity index (χ1n) is 3.30. The maximum Gasteiger partial charge on any atom is 0.192 e. The minimum absolute atomic E-state index is 0.130. The van der Waals surface area contributed by atoms with Crippen LogP contribution in [-0.2, 0) is 4.79 Å². The molecule has 2 atom stereocenters. The van der Waals surface area contributed by atoms with Gasteiger partial charge in [0.15, 0.2) is 5.78 Å². The van der Waals surface area contributed by atoms with E-state index in [0.717, 1.165) is 0 Å². The van der Waals surface area contributed by atoms with E-state index < -0.39 is 24.6 Å². The van der Waals surface area contributed by atoms with Crippen molar-refractivity contribution in [3.05, 3.63) is 11.1 Å². The van der Waals surface area contributed by atoms with Crippen LogP contribution in [0.1, 0.15) is 6.92 Å². The quantitative estimate of drug-likeness (QED) is 0.438. The van der Waals surface area contributed by atoms with Gasteiger partial charge in [-0.1, -0.05) is 0 Å². The molecule has 11 heavy (non-hydrogen) atoms. The van der Waals surface area contributed by atoms with Crippen molar-refractivity contribution in [3.63, 3.8) is 0 Å². The third kappa shape index (κ3) is 1.09. The van der Waals surface area contributed by atoms with Crippen LogP contribution < -0.4 is 0 Å². The van der Waals surface area contributed by atoms with E-state index in [1.54, 1.807) is 0 Å². The standard InChI is InChI=1S/C7H10O4/c1-3-4(2-8)6(10)7(11)5(3)9/h5,7-9,11H,2H2,1H3. The predicted octanol–water partition coefficient (Wildman–Crippen LogP) is -1.40. The molecule has 0 aromatic rings. The fourth-order valence-corrected chi connectivity index (χ4v) is 1.13. The number of hydrogen-bond acceptors (Lipinski definition) is 4. The largest absolute Gasteiger partial charge is 0.392 e. The van der Waals surface area contributed by atoms with Gasteiger partial charge in [-0.25, -0.2) is 0 Å². The van der Waals surface area contributed by atoms with E-state index in [0.29, 0.717) is 5.57 Å². The lowest BCUT2D eigenvalue weighted by Gasteiger charge is -2.06. The van der Waals surface area contributed by atoms with Crippen molar-refractivity contribution in [2.24, 2.45) is 0 Å². The monoisotopic (exact) mass is 158 g/mol. The summed E-state index contributed by atoms with van der Waals surface area (Å²) in [4.78, 5) is 10.9. The molecule has 0 saturated heterocycles. The van der Waals surface area contributed by atoms with Crippen molar-refractivity contribution in [1.29, 1.82) is 0 Å². The highest BCUT2D eigenvalue weighted by Crippen LogP contribution is 2.22. The van der Waals surface area contributed by atoms with E-state index in [1.807, 2.05) is 0 Å². The third-order valence-corrected chi connectivity index (χ3v) is 1.94. The van der Waals surface area contributed by atoms with Crippen LogP contribution in [0.4, 0.5) is 0 Å². The molecule has 0 saturated carbocycles. The Bertz CT molecular complexity index is 218. The molecule has 0 aromatic heterocycles. The molecule has 4 nitrogen and oxygen atoms in total. The molecule has 0 amide bonds. The van der Waals surface area contributed by atoms with E-state index in [-0.39, 0.29) is 5.57 Å². The molecule has 0 spiro atoms. The van der Waals surface area contributed by atoms with Crippen molar-refractivity contribution in [2.75, 3.05) is 6.61 Å². The van der Waals surface area contributed by atoms with E-state index in [1.165, 1.54) is 6.92 Å². The van der Waals surface area contributed by atoms with Gasteiger partial charge in [0, 0.05) is 5.57 Å². The maximum absolute atomic E-state index is 10.9. The summed E-state index contributed by atoms with van der Waals surface area (Å²) < 4.78 is 0. The van der Waals surface area contributed by atoms with E-state index in [9.17, 15) is 4.79 Å². The first kappa shape index (κ1) is 8.39. The second-order valence-corrected chi connectivity index (χ2v) is 2.57. The molecule has 0 aromatic carbocycles. The first-order valence-corrected chi connectivity index (χ1v) is 3.30. The molecule has 0 radical (unpaired) electrons. The van der Waals surface area contributed by atoms with Gasteiger partial charge in [0.2, 0.25) is 0 Å². The summed E-state index contributed by atoms with van der Waals surface area (Å²) in [7, 11) is 0. The number of hydrogen-bond donors (Lipinski definition) is 3. The Labute approximate surface area is 63.8 Å². The van der Waals surface area contributed by atoms with Crippen molar-refractivity contribution >= 4 is 5.78 Å². The molecule has 3 N–H and O–H groups in total. The fraction of sp³-hybridized carbons (Fsp3) is 0.571. The Kier molecular flexibility index (Phi) is 2.08. The zero-order chi connectivity index (χ0) is 8.59. The van der Waals surface area contributed by atoms with Gasteiger partial charge < -0.3 is 15.3 Å². The highest BCUT2D eigenvalue weighted by atomic mass is 16.3. The normalized spacial score (nSPS) is 31.8. The van der Waals surface area contributed by atoms with Crippen molar-refractivity contribution in [1.82, 2.24) is 0 Å². The average Bonchev–Trinajstić information content (AvgIpc) is 2.17. The highest BCUT2D eigenvalue weighted by Gasteiger charge is 2.36. The van der Waals surface area contributed by atoms with Gasteiger partial charge in [-0.2, -0.15) is 0 Å². The minimum atomic E-state index is -1.38. The van der Waals surface area contributed by atoms with Crippen molar-refractivity contribution in [3.8, 4) is 0 Å². The topological polar surface area (TPSA) is 77.8 Å². The Morgan fingerprint density at radius 3 is 2.09 bits per heavy atom. The number of aliphatic hydroxyl groups is 3. The van der Waals surface area contributed by atoms with E-state index in [4.69, 9.17) is 15.3 Å². The van der Waals surface area contributed by atoms with Gasteiger partial charge in [0.25, 0.3) is 0 Å². The van der Waals surface area contributed by atoms with Gasteiger partial charge in [-0.05, 0) is 12.5 Å². The van der Waals surface area contributed by atoms with E-state index in [2.05, 4.69) is 0 Å². The van der Waals surface area contributed by atoms with E-state index >= 15 is 0 Å². The molecule has 1 rings (SSSR count). The molecule has 0 aliphatic heterocycles. The minimum Gasteiger partial charge on any atom is -0.392 e. The van der Waals surface area contributed by atoms with Crippen LogP contribution in [0.3, 0.4) is 0 Å². The molecule has 62 valence electrons. The number of Topliss-reactive ketones (excluding diaryl/α,β-unsaturated/α-hetero) is 1. The van der Waals surface area contributed by atoms with Crippen LogP contribution in [0.2, 0.25) is 0 Å². The second-order valence-electron chi connectivity index (χ2n) is 2.57. The van der Waals surface area contributed by atoms with Crippen molar-refractivity contribution < 1.29 is 20.1 Å². The molecule has 1 aliphatic carbocycles. The first-order chi connectivity index (χ1) is 5.09. The van der Waals surface area contributed by atoms with Crippen LogP contribution in [0.25, 0.3) is 0 Å². The molecule has 1 aliphatic rings. The Morgan fingerprint density at radius 1 is 1.36 bits per heavy atom. The number of carbonyl (C=O) groups is 1. The number of aliphatic hydroxyl groups excluding tert-OH is 3. The summed E-state index contributed by atoms with van der Waals surface area (Å²) in [5, 5.41) is 26.7. The lowest BCUT2D eigenvalue weighted by Crippen LogP contribution is -2.27. The number of carbonyl (C=O) groups excluding carboxylic acids is 1. The summed E-state index contributed by atoms with van der Waals surface area (Å²) in [5.41, 5.74) is 0.495. The molecule has 0 heterocycles. The summed E-state index contributed by atoms with van der Waals surface area (Å²) >= 11 is 0. The summed E-state index contributed by atoms with van der Waals surface area (Å²) in [6.45, 7) is 1.10. The maximum atomic E-state index is 10.9. The summed E-state index contributed by atoms with van der Waals surface area (Å²) in [6.07, 6.45) is -2.51. The summed E-state index contributed by atoms with van der Waals surface area (Å²) in [6, 6.07) is 0. The van der Waals surface area contributed by atoms with Gasteiger partial charge in [0.1, 0.15) is 12.2 Å². The zero-order valence-corrected chi connectivity index (χ0v) is 6.11. The third-order valence-electron chi connectivity index (χ3n) is 1.94. The molecular weight excluding hydrogens is 148 g/mol. The molecule has 0 fully saturated rings. The summed E-state index contributed by atoms with van der Waals surface area (Å²) in [5.74, 6) is -0.572. The second kappa shape index (κ2) is 2.73. The lowest BCUT2D eigenvalue weighted by molar-refractivity contribution is -0.125. The van der Waals surface area contributed by atoms with Gasteiger partial charge in [-0.3, -0.25) is 4.79 Å². The van der Waals surface area contributed by atoms with Gasteiger partial charge in [0.05, 0.1) is 6.61 Å². The van der Waals surface area contributed by atoms with Crippen molar-refractivity contribution in [2.45, 2.75) is 19.1 Å². The van der Waals surface area contributed by atoms with Crippen LogP contribution in [0, 0.1) is 0 Å². The van der Waals surface area contributed by atoms with Crippen LogP contribution in [0.15, 0.2) is 11.1 Å². The molecule has 2 unspecified atom stereocenters. The predicted molar refractivity (Wildman–Crippen MR) is 36.8 cm³/mol. The number of rotatable bonds is 1. The molecular formula is C7H10O4. The fourth-order valence-electron chi connectivity index (χ4n) is 1.13. The Balaban J connectivity index is 2.98. The van der Waals surface area contributed by atoms with Crippen LogP contribution in [-0.4, -0.2) is 39.9 Å². The Hall–Kier alpha value is -0.710. The van der Waals surface area contributed by atoms with Gasteiger partial charge >= 0.3 is 0 Å². The Morgan fingerprint density at radius 2 is 1.91 bits per heavy atom. The van der Waals surface area contributed by atoms with Gasteiger partial charge in [-0.15, -0.1) is 0 Å². The molecule has 0 bridgehead atoms.